The van der Waals surface area contributed by atoms with E-state index in [-0.39, 0.29) is 18.1 Å². The number of urea groups is 1. The van der Waals surface area contributed by atoms with Crippen molar-refractivity contribution in [1.82, 2.24) is 10.2 Å². The Labute approximate surface area is 128 Å². The molecule has 1 N–H and O–H groups in total. The van der Waals surface area contributed by atoms with Gasteiger partial charge in [0, 0.05) is 12.6 Å². The van der Waals surface area contributed by atoms with Crippen LogP contribution in [0.1, 0.15) is 12.0 Å². The number of benzene rings is 1. The summed E-state index contributed by atoms with van der Waals surface area (Å²) >= 11 is 0. The third-order valence-electron chi connectivity index (χ3n) is 3.42. The van der Waals surface area contributed by atoms with Gasteiger partial charge in [-0.2, -0.15) is 0 Å². The monoisotopic (exact) mass is 332 g/mol. The molecule has 1 aromatic rings. The SMILES string of the molecule is O=C(N[C@H]1CCS(=O)(=O)C1)N(Cc1ccccc1)CC(F)F. The Kier molecular flexibility index (Phi) is 5.33. The van der Waals surface area contributed by atoms with Crippen molar-refractivity contribution < 1.29 is 22.0 Å². The molecule has 1 fully saturated rings. The minimum absolute atomic E-state index is 0.0193. The number of nitrogens with one attached hydrogen (secondary N) is 1. The zero-order chi connectivity index (χ0) is 16.2. The maximum absolute atomic E-state index is 12.7. The Morgan fingerprint density at radius 3 is 2.55 bits per heavy atom. The van der Waals surface area contributed by atoms with E-state index in [2.05, 4.69) is 5.32 Å². The Morgan fingerprint density at radius 1 is 1.32 bits per heavy atom. The van der Waals surface area contributed by atoms with Gasteiger partial charge >= 0.3 is 6.03 Å². The zero-order valence-electron chi connectivity index (χ0n) is 11.9. The number of hydrogen-bond donors (Lipinski definition) is 1. The van der Waals surface area contributed by atoms with Crippen LogP contribution in [0.15, 0.2) is 30.3 Å². The van der Waals surface area contributed by atoms with E-state index in [0.29, 0.717) is 6.42 Å². The van der Waals surface area contributed by atoms with E-state index in [9.17, 15) is 22.0 Å². The van der Waals surface area contributed by atoms with Crippen molar-refractivity contribution in [1.29, 1.82) is 0 Å². The molecule has 0 spiro atoms. The predicted octanol–water partition coefficient (Wildman–Crippen LogP) is 1.65. The molecule has 2 amide bonds. The van der Waals surface area contributed by atoms with Crippen LogP contribution in [0.5, 0.6) is 0 Å². The number of alkyl halides is 2. The Balaban J connectivity index is 2.00. The standard InChI is InChI=1S/C14H18F2N2O3S/c15-13(16)9-18(8-11-4-2-1-3-5-11)14(19)17-12-6-7-22(20,21)10-12/h1-5,12-13H,6-10H2,(H,17,19)/t12-/m0/s1. The molecular weight excluding hydrogens is 314 g/mol. The maximum Gasteiger partial charge on any atom is 0.318 e. The minimum atomic E-state index is -3.13. The second-order valence-electron chi connectivity index (χ2n) is 5.31. The third kappa shape index (κ3) is 4.94. The normalized spacial score (nSPS) is 20.0. The number of sulfone groups is 1. The van der Waals surface area contributed by atoms with Gasteiger partial charge in [0.2, 0.25) is 0 Å². The molecule has 0 bridgehead atoms. The summed E-state index contributed by atoms with van der Waals surface area (Å²) in [6.45, 7) is -0.642. The number of carbonyl (C=O) groups excluding carboxylic acids is 1. The van der Waals surface area contributed by atoms with Gasteiger partial charge in [-0.25, -0.2) is 22.0 Å². The number of amides is 2. The number of rotatable bonds is 5. The van der Waals surface area contributed by atoms with Crippen LogP contribution in [0.25, 0.3) is 0 Å². The second kappa shape index (κ2) is 7.04. The zero-order valence-corrected chi connectivity index (χ0v) is 12.7. The summed E-state index contributed by atoms with van der Waals surface area (Å²) in [6, 6.07) is 7.64. The largest absolute Gasteiger partial charge is 0.334 e. The second-order valence-corrected chi connectivity index (χ2v) is 7.54. The van der Waals surface area contributed by atoms with Crippen LogP contribution >= 0.6 is 0 Å². The van der Waals surface area contributed by atoms with Crippen molar-refractivity contribution in [2.24, 2.45) is 0 Å². The third-order valence-corrected chi connectivity index (χ3v) is 5.19. The van der Waals surface area contributed by atoms with Crippen molar-refractivity contribution in [2.45, 2.75) is 25.4 Å². The first-order valence-electron chi connectivity index (χ1n) is 6.93. The van der Waals surface area contributed by atoms with E-state index in [1.165, 1.54) is 0 Å². The lowest BCUT2D eigenvalue weighted by molar-refractivity contribution is 0.0949. The van der Waals surface area contributed by atoms with Crippen molar-refractivity contribution in [3.8, 4) is 0 Å². The molecule has 1 saturated heterocycles. The molecular formula is C14H18F2N2O3S. The summed E-state index contributed by atoms with van der Waals surface area (Å²) in [5, 5.41) is 2.53. The lowest BCUT2D eigenvalue weighted by Crippen LogP contribution is -2.46. The lowest BCUT2D eigenvalue weighted by Gasteiger charge is -2.24. The fraction of sp³-hybridized carbons (Fsp3) is 0.500. The fourth-order valence-electron chi connectivity index (χ4n) is 2.36. The first kappa shape index (κ1) is 16.7. The van der Waals surface area contributed by atoms with Gasteiger partial charge in [0.1, 0.15) is 0 Å². The van der Waals surface area contributed by atoms with Gasteiger partial charge in [0.15, 0.2) is 9.84 Å². The molecule has 1 atom stereocenters. The predicted molar refractivity (Wildman–Crippen MR) is 78.4 cm³/mol. The molecule has 0 aliphatic carbocycles. The Bertz CT molecular complexity index is 608. The minimum Gasteiger partial charge on any atom is -0.334 e. The molecule has 0 aromatic heterocycles. The van der Waals surface area contributed by atoms with Gasteiger partial charge in [-0.05, 0) is 12.0 Å². The van der Waals surface area contributed by atoms with Gasteiger partial charge in [0.05, 0.1) is 18.1 Å². The summed E-state index contributed by atoms with van der Waals surface area (Å²) in [6.07, 6.45) is -2.33. The van der Waals surface area contributed by atoms with Gasteiger partial charge in [-0.3, -0.25) is 0 Å². The average Bonchev–Trinajstić information content (AvgIpc) is 2.78. The van der Waals surface area contributed by atoms with Crippen LogP contribution in [0.3, 0.4) is 0 Å². The summed E-state index contributed by atoms with van der Waals surface area (Å²) in [5.41, 5.74) is 0.734. The average molecular weight is 332 g/mol. The van der Waals surface area contributed by atoms with E-state index in [1.54, 1.807) is 30.3 Å². The van der Waals surface area contributed by atoms with Crippen molar-refractivity contribution in [3.63, 3.8) is 0 Å². The smallest absolute Gasteiger partial charge is 0.318 e. The first-order chi connectivity index (χ1) is 10.4. The topological polar surface area (TPSA) is 66.5 Å². The van der Waals surface area contributed by atoms with Crippen LogP contribution < -0.4 is 5.32 Å². The molecule has 2 rings (SSSR count). The highest BCUT2D eigenvalue weighted by Crippen LogP contribution is 2.13. The van der Waals surface area contributed by atoms with Crippen molar-refractivity contribution >= 4 is 15.9 Å². The molecule has 1 aliphatic heterocycles. The van der Waals surface area contributed by atoms with E-state index in [0.717, 1.165) is 10.5 Å². The molecule has 22 heavy (non-hydrogen) atoms. The molecule has 0 radical (unpaired) electrons. The number of carbonyl (C=O) groups is 1. The van der Waals surface area contributed by atoms with Crippen molar-refractivity contribution in [2.75, 3.05) is 18.1 Å². The number of nitrogens with zero attached hydrogens (tertiary/aromatic N) is 1. The Hall–Kier alpha value is -1.70. The summed E-state index contributed by atoms with van der Waals surface area (Å²) in [5.74, 6) is -0.113. The van der Waals surface area contributed by atoms with E-state index >= 15 is 0 Å². The van der Waals surface area contributed by atoms with Gasteiger partial charge < -0.3 is 10.2 Å². The summed E-state index contributed by atoms with van der Waals surface area (Å²) in [4.78, 5) is 13.1. The van der Waals surface area contributed by atoms with Crippen molar-refractivity contribution in [3.05, 3.63) is 35.9 Å². The van der Waals surface area contributed by atoms with E-state index < -0.39 is 34.9 Å². The fourth-order valence-corrected chi connectivity index (χ4v) is 4.04. The molecule has 1 aliphatic rings. The van der Waals surface area contributed by atoms with Crippen LogP contribution in [0.4, 0.5) is 13.6 Å². The summed E-state index contributed by atoms with van der Waals surface area (Å²) < 4.78 is 48.1. The van der Waals surface area contributed by atoms with Crippen LogP contribution in [0, 0.1) is 0 Å². The maximum atomic E-state index is 12.7. The molecule has 1 heterocycles. The van der Waals surface area contributed by atoms with Crippen LogP contribution in [-0.4, -0.2) is 49.9 Å². The number of halogens is 2. The van der Waals surface area contributed by atoms with E-state index in [4.69, 9.17) is 0 Å². The molecule has 0 unspecified atom stereocenters. The van der Waals surface area contributed by atoms with E-state index in [1.807, 2.05) is 0 Å². The van der Waals surface area contributed by atoms with Crippen LogP contribution in [-0.2, 0) is 16.4 Å². The van der Waals surface area contributed by atoms with Crippen LogP contribution in [0.2, 0.25) is 0 Å². The molecule has 8 heteroatoms. The first-order valence-corrected chi connectivity index (χ1v) is 8.76. The van der Waals surface area contributed by atoms with Gasteiger partial charge in [0.25, 0.3) is 6.43 Å². The molecule has 1 aromatic carbocycles. The highest BCUT2D eigenvalue weighted by molar-refractivity contribution is 7.91. The summed E-state index contributed by atoms with van der Waals surface area (Å²) in [7, 11) is -3.13. The van der Waals surface area contributed by atoms with Gasteiger partial charge in [-0.1, -0.05) is 30.3 Å². The highest BCUT2D eigenvalue weighted by Gasteiger charge is 2.30. The molecule has 122 valence electrons. The molecule has 5 nitrogen and oxygen atoms in total. The number of hydrogen-bond acceptors (Lipinski definition) is 3. The quantitative estimate of drug-likeness (QED) is 0.891. The molecule has 0 saturated carbocycles. The lowest BCUT2D eigenvalue weighted by atomic mass is 10.2. The highest BCUT2D eigenvalue weighted by atomic mass is 32.2. The Morgan fingerprint density at radius 2 is 2.00 bits per heavy atom. The van der Waals surface area contributed by atoms with Gasteiger partial charge in [-0.15, -0.1) is 0 Å².